The third kappa shape index (κ3) is 5.10. The Kier molecular flexibility index (Phi) is 7.57. The van der Waals surface area contributed by atoms with Crippen LogP contribution in [0.3, 0.4) is 0 Å². The summed E-state index contributed by atoms with van der Waals surface area (Å²) in [6.45, 7) is 4.05. The summed E-state index contributed by atoms with van der Waals surface area (Å²) in [5.41, 5.74) is 4.74. The van der Waals surface area contributed by atoms with Crippen molar-refractivity contribution in [1.29, 1.82) is 0 Å². The largest absolute Gasteiger partial charge is 0.478 e. The topological polar surface area (TPSA) is 132 Å². The van der Waals surface area contributed by atoms with Crippen LogP contribution in [-0.4, -0.2) is 54.2 Å². The molecule has 12 heteroatoms. The minimum Gasteiger partial charge on any atom is -0.478 e. The molecule has 3 heterocycles. The normalized spacial score (nSPS) is 16.2. The van der Waals surface area contributed by atoms with Crippen molar-refractivity contribution in [3.05, 3.63) is 99.1 Å². The van der Waals surface area contributed by atoms with Crippen molar-refractivity contribution >= 4 is 35.1 Å². The Morgan fingerprint density at radius 3 is 2.60 bits per heavy atom. The average molecular weight is 601 g/mol. The Morgan fingerprint density at radius 2 is 1.88 bits per heavy atom. The number of aromatic nitrogens is 5. The van der Waals surface area contributed by atoms with Gasteiger partial charge in [0.15, 0.2) is 5.78 Å². The third-order valence-electron chi connectivity index (χ3n) is 7.80. The molecule has 0 fully saturated rings. The van der Waals surface area contributed by atoms with Crippen LogP contribution in [0.5, 0.6) is 0 Å². The van der Waals surface area contributed by atoms with Crippen LogP contribution >= 0.6 is 11.6 Å². The van der Waals surface area contributed by atoms with E-state index in [2.05, 4.69) is 15.4 Å². The van der Waals surface area contributed by atoms with E-state index in [1.807, 2.05) is 24.0 Å². The van der Waals surface area contributed by atoms with Crippen LogP contribution in [0.15, 0.2) is 66.1 Å². The second-order valence-electron chi connectivity index (χ2n) is 10.4. The van der Waals surface area contributed by atoms with Gasteiger partial charge in [-0.2, -0.15) is 5.10 Å². The zero-order chi connectivity index (χ0) is 30.2. The Hall–Kier alpha value is -4.77. The van der Waals surface area contributed by atoms with E-state index in [1.54, 1.807) is 52.8 Å². The molecule has 2 aromatic carbocycles. The lowest BCUT2D eigenvalue weighted by molar-refractivity contribution is -0.116. The van der Waals surface area contributed by atoms with Crippen molar-refractivity contribution in [2.45, 2.75) is 52.1 Å². The second-order valence-corrected chi connectivity index (χ2v) is 10.8. The summed E-state index contributed by atoms with van der Waals surface area (Å²) in [5, 5.41) is 23.4. The molecule has 43 heavy (non-hydrogen) atoms. The number of halogens is 1. The van der Waals surface area contributed by atoms with Gasteiger partial charge in [0.25, 0.3) is 0 Å². The number of aromatic carboxylic acids is 1. The number of fused-ring (bicyclic) bond motifs is 1. The number of carboxylic acids is 1. The Bertz CT molecular complexity index is 1770. The van der Waals surface area contributed by atoms with Crippen molar-refractivity contribution in [2.24, 2.45) is 0 Å². The molecule has 11 nitrogen and oxygen atoms in total. The van der Waals surface area contributed by atoms with E-state index in [9.17, 15) is 19.5 Å². The highest BCUT2D eigenvalue weighted by molar-refractivity contribution is 6.30. The minimum absolute atomic E-state index is 0.0271. The minimum atomic E-state index is -0.982. The molecule has 0 spiro atoms. The SMILES string of the molecule is CCOC(=O)c1cnn2c1N(Cc1cn(-c3ccc(C(=O)O)c(CC)c3)nn1)C1=C(C(=O)CCC1)C2c1ccc(Cl)cc1. The highest BCUT2D eigenvalue weighted by atomic mass is 35.5. The molecule has 0 saturated carbocycles. The van der Waals surface area contributed by atoms with Gasteiger partial charge in [-0.3, -0.25) is 4.79 Å². The average Bonchev–Trinajstić information content (AvgIpc) is 3.66. The number of carboxylic acid groups (broad SMARTS) is 1. The number of Topliss-reactive ketones (excluding diaryl/α,β-unsaturated/α-hetero) is 1. The Labute approximate surface area is 252 Å². The molecule has 0 bridgehead atoms. The van der Waals surface area contributed by atoms with Gasteiger partial charge in [0.05, 0.1) is 36.8 Å². The number of aryl methyl sites for hydroxylation is 1. The van der Waals surface area contributed by atoms with Crippen LogP contribution < -0.4 is 4.90 Å². The summed E-state index contributed by atoms with van der Waals surface area (Å²) >= 11 is 6.18. The zero-order valence-corrected chi connectivity index (χ0v) is 24.4. The first-order valence-corrected chi connectivity index (χ1v) is 14.5. The van der Waals surface area contributed by atoms with Gasteiger partial charge in [-0.25, -0.2) is 19.0 Å². The van der Waals surface area contributed by atoms with E-state index >= 15 is 0 Å². The summed E-state index contributed by atoms with van der Waals surface area (Å²) in [5.74, 6) is -0.950. The van der Waals surface area contributed by atoms with E-state index < -0.39 is 18.0 Å². The van der Waals surface area contributed by atoms with Crippen molar-refractivity contribution in [3.8, 4) is 5.69 Å². The van der Waals surface area contributed by atoms with Crippen LogP contribution in [0.4, 0.5) is 5.82 Å². The molecule has 1 N–H and O–H groups in total. The van der Waals surface area contributed by atoms with Crippen LogP contribution in [-0.2, 0) is 22.5 Å². The number of esters is 1. The fourth-order valence-electron chi connectivity index (χ4n) is 5.86. The summed E-state index contributed by atoms with van der Waals surface area (Å²) < 4.78 is 8.68. The summed E-state index contributed by atoms with van der Waals surface area (Å²) in [4.78, 5) is 40.2. The molecule has 1 aliphatic carbocycles. The van der Waals surface area contributed by atoms with E-state index in [4.69, 9.17) is 16.3 Å². The number of benzene rings is 2. The van der Waals surface area contributed by atoms with Gasteiger partial charge in [0.1, 0.15) is 23.1 Å². The number of anilines is 1. The second kappa shape index (κ2) is 11.5. The lowest BCUT2D eigenvalue weighted by Gasteiger charge is -2.40. The number of carbonyl (C=O) groups is 3. The molecule has 1 atom stereocenters. The molecule has 0 saturated heterocycles. The molecular formula is C31H29ClN6O5. The van der Waals surface area contributed by atoms with E-state index in [0.29, 0.717) is 59.0 Å². The molecule has 4 aromatic rings. The number of nitrogens with zero attached hydrogens (tertiary/aromatic N) is 6. The number of hydrogen-bond donors (Lipinski definition) is 1. The summed E-state index contributed by atoms with van der Waals surface area (Å²) in [6.07, 6.45) is 5.51. The van der Waals surface area contributed by atoms with Gasteiger partial charge >= 0.3 is 11.9 Å². The first-order valence-electron chi connectivity index (χ1n) is 14.1. The molecule has 1 aliphatic heterocycles. The van der Waals surface area contributed by atoms with E-state index in [-0.39, 0.29) is 30.1 Å². The number of allylic oxidation sites excluding steroid dienone is 2. The van der Waals surface area contributed by atoms with Gasteiger partial charge in [-0.1, -0.05) is 35.9 Å². The number of rotatable bonds is 8. The molecule has 2 aliphatic rings. The molecule has 6 rings (SSSR count). The molecular weight excluding hydrogens is 572 g/mol. The zero-order valence-electron chi connectivity index (χ0n) is 23.7. The van der Waals surface area contributed by atoms with Crippen molar-refractivity contribution in [1.82, 2.24) is 24.8 Å². The molecule has 0 radical (unpaired) electrons. The predicted octanol–water partition coefficient (Wildman–Crippen LogP) is 5.17. The van der Waals surface area contributed by atoms with Crippen LogP contribution in [0, 0.1) is 0 Å². The highest BCUT2D eigenvalue weighted by Crippen LogP contribution is 2.45. The molecule has 2 aromatic heterocycles. The van der Waals surface area contributed by atoms with Crippen molar-refractivity contribution in [2.75, 3.05) is 11.5 Å². The number of carbonyl (C=O) groups excluding carboxylic acids is 2. The smallest absolute Gasteiger partial charge is 0.343 e. The molecule has 0 amide bonds. The first kappa shape index (κ1) is 28.4. The number of ether oxygens (including phenoxy) is 1. The van der Waals surface area contributed by atoms with E-state index in [1.165, 1.54) is 6.20 Å². The maximum atomic E-state index is 13.5. The highest BCUT2D eigenvalue weighted by Gasteiger charge is 2.42. The fourth-order valence-corrected chi connectivity index (χ4v) is 5.99. The van der Waals surface area contributed by atoms with Gasteiger partial charge < -0.3 is 14.7 Å². The standard InChI is InChI=1S/C31H29ClN6O5/c1-3-18-14-22(12-13-23(18)30(40)41)37-17-21(34-35-37)16-36-25-6-5-7-26(39)27(25)28(19-8-10-20(32)11-9-19)38-29(36)24(15-33-38)31(42)43-4-2/h8-15,17,28H,3-7,16H2,1-2H3,(H,40,41). The van der Waals surface area contributed by atoms with Crippen LogP contribution in [0.2, 0.25) is 5.02 Å². The first-order chi connectivity index (χ1) is 20.8. The maximum absolute atomic E-state index is 13.5. The van der Waals surface area contributed by atoms with Gasteiger partial charge in [-0.15, -0.1) is 5.10 Å². The van der Waals surface area contributed by atoms with Gasteiger partial charge in [0, 0.05) is 22.7 Å². The number of hydrogen-bond acceptors (Lipinski definition) is 8. The third-order valence-corrected chi connectivity index (χ3v) is 8.06. The Balaban J connectivity index is 1.45. The van der Waals surface area contributed by atoms with Gasteiger partial charge in [-0.05, 0) is 67.6 Å². The van der Waals surface area contributed by atoms with E-state index in [0.717, 1.165) is 11.3 Å². The predicted molar refractivity (Wildman–Crippen MR) is 158 cm³/mol. The molecule has 1 unspecified atom stereocenters. The Morgan fingerprint density at radius 1 is 1.09 bits per heavy atom. The molecule has 220 valence electrons. The van der Waals surface area contributed by atoms with Crippen molar-refractivity contribution in [3.63, 3.8) is 0 Å². The fraction of sp³-hybridized carbons (Fsp3) is 0.290. The van der Waals surface area contributed by atoms with Crippen LogP contribution in [0.1, 0.15) is 76.7 Å². The maximum Gasteiger partial charge on any atom is 0.343 e. The summed E-state index contributed by atoms with van der Waals surface area (Å²) in [7, 11) is 0. The quantitative estimate of drug-likeness (QED) is 0.272. The monoisotopic (exact) mass is 600 g/mol. The number of ketones is 1. The van der Waals surface area contributed by atoms with Crippen LogP contribution in [0.25, 0.3) is 5.69 Å². The lowest BCUT2D eigenvalue weighted by atomic mass is 9.84. The summed E-state index contributed by atoms with van der Waals surface area (Å²) in [6, 6.07) is 11.8. The van der Waals surface area contributed by atoms with Gasteiger partial charge in [0.2, 0.25) is 0 Å². The van der Waals surface area contributed by atoms with Crippen molar-refractivity contribution < 1.29 is 24.2 Å². The lowest BCUT2D eigenvalue weighted by Crippen LogP contribution is -2.39.